The molecule has 0 saturated carbocycles. The number of hydrogen-bond acceptors (Lipinski definition) is 2. The van der Waals surface area contributed by atoms with E-state index >= 15 is 0 Å². The van der Waals surface area contributed by atoms with Crippen LogP contribution in [0.25, 0.3) is 10.8 Å². The standard InChI is InChI=1S/C11H11N.CH3N/c1-2-9-3-4-11-8-12-6-5-10(11)7-9;1-2/h3-8H,2H2,1H3;2H,1H2. The van der Waals surface area contributed by atoms with Crippen molar-refractivity contribution < 1.29 is 0 Å². The Kier molecular flexibility index (Phi) is 3.80. The molecule has 2 rings (SSSR count). The van der Waals surface area contributed by atoms with E-state index in [1.807, 2.05) is 12.4 Å². The molecule has 0 saturated heterocycles. The minimum absolute atomic E-state index is 1.10. The first kappa shape index (κ1) is 10.4. The van der Waals surface area contributed by atoms with Crippen molar-refractivity contribution in [3.05, 3.63) is 42.2 Å². The first-order valence-corrected chi connectivity index (χ1v) is 4.58. The summed E-state index contributed by atoms with van der Waals surface area (Å²) >= 11 is 0. The maximum Gasteiger partial charge on any atom is 0.0346 e. The number of nitrogens with zero attached hydrogens (tertiary/aromatic N) is 1. The number of aromatic nitrogens is 1. The number of benzene rings is 1. The van der Waals surface area contributed by atoms with Crippen LogP contribution >= 0.6 is 0 Å². The molecule has 1 aromatic heterocycles. The zero-order chi connectivity index (χ0) is 10.4. The minimum atomic E-state index is 1.10. The number of hydrogen-bond donors (Lipinski definition) is 1. The van der Waals surface area contributed by atoms with Crippen LogP contribution in [0.4, 0.5) is 0 Å². The largest absolute Gasteiger partial charge is 0.317 e. The monoisotopic (exact) mass is 186 g/mol. The van der Waals surface area contributed by atoms with Gasteiger partial charge in [0.1, 0.15) is 0 Å². The molecule has 0 amide bonds. The lowest BCUT2D eigenvalue weighted by Gasteiger charge is -1.99. The molecule has 0 aliphatic rings. The van der Waals surface area contributed by atoms with Crippen molar-refractivity contribution in [3.8, 4) is 0 Å². The van der Waals surface area contributed by atoms with Gasteiger partial charge in [0.15, 0.2) is 0 Å². The van der Waals surface area contributed by atoms with E-state index in [-0.39, 0.29) is 0 Å². The van der Waals surface area contributed by atoms with Crippen LogP contribution in [-0.4, -0.2) is 11.7 Å². The first-order chi connectivity index (χ1) is 6.90. The summed E-state index contributed by atoms with van der Waals surface area (Å²) in [4.78, 5) is 4.07. The van der Waals surface area contributed by atoms with E-state index in [1.54, 1.807) is 0 Å². The van der Waals surface area contributed by atoms with Gasteiger partial charge < -0.3 is 5.41 Å². The second-order valence-electron chi connectivity index (χ2n) is 2.91. The molecule has 0 fully saturated rings. The SMILES string of the molecule is C=N.CCc1ccc2cnccc2c1. The van der Waals surface area contributed by atoms with Crippen LogP contribution in [-0.2, 0) is 6.42 Å². The van der Waals surface area contributed by atoms with Crippen molar-refractivity contribution in [3.63, 3.8) is 0 Å². The molecule has 1 heterocycles. The van der Waals surface area contributed by atoms with Gasteiger partial charge in [0.2, 0.25) is 0 Å². The minimum Gasteiger partial charge on any atom is -0.317 e. The van der Waals surface area contributed by atoms with E-state index < -0.39 is 0 Å². The lowest BCUT2D eigenvalue weighted by Crippen LogP contribution is -1.80. The summed E-state index contributed by atoms with van der Waals surface area (Å²) in [7, 11) is 0. The highest BCUT2D eigenvalue weighted by Gasteiger charge is 1.92. The third-order valence-corrected chi connectivity index (χ3v) is 2.11. The zero-order valence-electron chi connectivity index (χ0n) is 8.33. The quantitative estimate of drug-likeness (QED) is 0.683. The lowest BCUT2D eigenvalue weighted by molar-refractivity contribution is 1.15. The maximum absolute atomic E-state index is 5.50. The van der Waals surface area contributed by atoms with Gasteiger partial charge in [-0.15, -0.1) is 0 Å². The third-order valence-electron chi connectivity index (χ3n) is 2.11. The molecule has 0 radical (unpaired) electrons. The van der Waals surface area contributed by atoms with Crippen molar-refractivity contribution in [2.75, 3.05) is 0 Å². The van der Waals surface area contributed by atoms with Crippen LogP contribution < -0.4 is 0 Å². The number of nitrogens with one attached hydrogen (secondary N) is 1. The molecule has 1 aromatic carbocycles. The summed E-state index contributed by atoms with van der Waals surface area (Å²) in [5, 5.41) is 8.00. The second kappa shape index (κ2) is 5.12. The Morgan fingerprint density at radius 2 is 2.00 bits per heavy atom. The Hall–Kier alpha value is -1.70. The van der Waals surface area contributed by atoms with Gasteiger partial charge in [0.05, 0.1) is 0 Å². The Labute approximate surface area is 84.1 Å². The summed E-state index contributed by atoms with van der Waals surface area (Å²) < 4.78 is 0. The molecule has 0 spiro atoms. The normalized spacial score (nSPS) is 9.21. The van der Waals surface area contributed by atoms with E-state index in [1.165, 1.54) is 16.3 Å². The van der Waals surface area contributed by atoms with Crippen molar-refractivity contribution in [2.24, 2.45) is 0 Å². The Morgan fingerprint density at radius 3 is 2.71 bits per heavy atom. The van der Waals surface area contributed by atoms with Crippen molar-refractivity contribution in [1.29, 1.82) is 5.41 Å². The highest BCUT2D eigenvalue weighted by molar-refractivity contribution is 5.81. The predicted octanol–water partition coefficient (Wildman–Crippen LogP) is 3.06. The average Bonchev–Trinajstić information content (AvgIpc) is 2.31. The number of rotatable bonds is 1. The fourth-order valence-corrected chi connectivity index (χ4v) is 1.35. The molecule has 2 nitrogen and oxygen atoms in total. The van der Waals surface area contributed by atoms with Crippen LogP contribution in [0.15, 0.2) is 36.7 Å². The van der Waals surface area contributed by atoms with E-state index in [0.29, 0.717) is 0 Å². The molecule has 0 atom stereocenters. The van der Waals surface area contributed by atoms with Crippen LogP contribution in [0.1, 0.15) is 12.5 Å². The molecule has 2 heteroatoms. The third kappa shape index (κ3) is 2.16. The van der Waals surface area contributed by atoms with Crippen molar-refractivity contribution in [2.45, 2.75) is 13.3 Å². The van der Waals surface area contributed by atoms with Gasteiger partial charge in [-0.3, -0.25) is 4.98 Å². The van der Waals surface area contributed by atoms with Gasteiger partial charge in [-0.05, 0) is 30.2 Å². The Bertz CT molecular complexity index is 410. The predicted molar refractivity (Wildman–Crippen MR) is 61.0 cm³/mol. The van der Waals surface area contributed by atoms with Gasteiger partial charge >= 0.3 is 0 Å². The molecule has 0 aliphatic heterocycles. The summed E-state index contributed by atoms with van der Waals surface area (Å²) in [6, 6.07) is 8.55. The summed E-state index contributed by atoms with van der Waals surface area (Å²) in [6.45, 7) is 4.67. The van der Waals surface area contributed by atoms with Crippen LogP contribution in [0.2, 0.25) is 0 Å². The molecule has 14 heavy (non-hydrogen) atoms. The van der Waals surface area contributed by atoms with Gasteiger partial charge in [-0.2, -0.15) is 0 Å². The number of fused-ring (bicyclic) bond motifs is 1. The molecule has 2 aromatic rings. The van der Waals surface area contributed by atoms with E-state index in [2.05, 4.69) is 42.9 Å². The van der Waals surface area contributed by atoms with Crippen LogP contribution in [0.3, 0.4) is 0 Å². The molecular formula is C12H14N2. The highest BCUT2D eigenvalue weighted by atomic mass is 14.6. The summed E-state index contributed by atoms with van der Waals surface area (Å²) in [5.41, 5.74) is 1.38. The van der Waals surface area contributed by atoms with E-state index in [9.17, 15) is 0 Å². The van der Waals surface area contributed by atoms with Gasteiger partial charge in [-0.25, -0.2) is 0 Å². The fraction of sp³-hybridized carbons (Fsp3) is 0.167. The number of aryl methyl sites for hydroxylation is 1. The topological polar surface area (TPSA) is 36.7 Å². The second-order valence-corrected chi connectivity index (χ2v) is 2.91. The summed E-state index contributed by atoms with van der Waals surface area (Å²) in [5.74, 6) is 0. The maximum atomic E-state index is 5.50. The smallest absolute Gasteiger partial charge is 0.0346 e. The average molecular weight is 186 g/mol. The number of pyridine rings is 1. The Balaban J connectivity index is 0.000000461. The molecule has 72 valence electrons. The summed E-state index contributed by atoms with van der Waals surface area (Å²) in [6.07, 6.45) is 4.83. The first-order valence-electron chi connectivity index (χ1n) is 4.58. The van der Waals surface area contributed by atoms with Crippen LogP contribution in [0, 0.1) is 5.41 Å². The molecule has 0 unspecified atom stereocenters. The van der Waals surface area contributed by atoms with Crippen LogP contribution in [0.5, 0.6) is 0 Å². The van der Waals surface area contributed by atoms with Crippen molar-refractivity contribution >= 4 is 17.5 Å². The van der Waals surface area contributed by atoms with E-state index in [0.717, 1.165) is 6.42 Å². The molecule has 1 N–H and O–H groups in total. The lowest BCUT2D eigenvalue weighted by atomic mass is 10.1. The fourth-order valence-electron chi connectivity index (χ4n) is 1.35. The van der Waals surface area contributed by atoms with Crippen molar-refractivity contribution in [1.82, 2.24) is 4.98 Å². The highest BCUT2D eigenvalue weighted by Crippen LogP contribution is 2.14. The Morgan fingerprint density at radius 1 is 1.21 bits per heavy atom. The van der Waals surface area contributed by atoms with E-state index in [4.69, 9.17) is 5.41 Å². The van der Waals surface area contributed by atoms with Gasteiger partial charge in [-0.1, -0.05) is 25.1 Å². The zero-order valence-corrected chi connectivity index (χ0v) is 8.33. The molecule has 0 aliphatic carbocycles. The van der Waals surface area contributed by atoms with Gasteiger partial charge in [0, 0.05) is 17.8 Å². The molecular weight excluding hydrogens is 172 g/mol. The molecule has 0 bridgehead atoms. The van der Waals surface area contributed by atoms with Gasteiger partial charge in [0.25, 0.3) is 0 Å².